The third kappa shape index (κ3) is 2.69. The molecule has 6 heteroatoms. The Kier molecular flexibility index (Phi) is 3.44. The molecule has 0 spiro atoms. The number of carbonyl (C=O) groups excluding carboxylic acids is 2. The van der Waals surface area contributed by atoms with Crippen molar-refractivity contribution < 1.29 is 14.0 Å². The van der Waals surface area contributed by atoms with Crippen molar-refractivity contribution in [3.05, 3.63) is 23.2 Å². The van der Waals surface area contributed by atoms with Crippen molar-refractivity contribution in [1.82, 2.24) is 5.43 Å². The van der Waals surface area contributed by atoms with Gasteiger partial charge in [-0.2, -0.15) is 5.10 Å². The number of furan rings is 1. The highest BCUT2D eigenvalue weighted by molar-refractivity contribution is 6.34. The van der Waals surface area contributed by atoms with Gasteiger partial charge < -0.3 is 10.2 Å². The summed E-state index contributed by atoms with van der Waals surface area (Å²) in [6, 6.07) is 1.80. The molecule has 0 aromatic carbocycles. The van der Waals surface area contributed by atoms with Gasteiger partial charge in [0, 0.05) is 5.56 Å². The van der Waals surface area contributed by atoms with Gasteiger partial charge in [-0.1, -0.05) is 0 Å². The minimum Gasteiger partial charge on any atom is -0.466 e. The summed E-state index contributed by atoms with van der Waals surface area (Å²) in [6.07, 6.45) is 0. The number of carbonyl (C=O) groups is 2. The summed E-state index contributed by atoms with van der Waals surface area (Å²) in [4.78, 5) is 21.3. The second kappa shape index (κ2) is 4.61. The Morgan fingerprint density at radius 2 is 2.06 bits per heavy atom. The molecule has 1 aromatic rings. The van der Waals surface area contributed by atoms with Crippen LogP contribution in [-0.4, -0.2) is 17.5 Å². The largest absolute Gasteiger partial charge is 0.466 e. The van der Waals surface area contributed by atoms with Crippen LogP contribution in [0.25, 0.3) is 0 Å². The molecular formula is C10H13N3O3. The van der Waals surface area contributed by atoms with Crippen LogP contribution in [0.5, 0.6) is 0 Å². The summed E-state index contributed by atoms with van der Waals surface area (Å²) in [5, 5.41) is 3.75. The van der Waals surface area contributed by atoms with E-state index >= 15 is 0 Å². The lowest BCUT2D eigenvalue weighted by Gasteiger charge is -1.98. The molecule has 0 aliphatic rings. The van der Waals surface area contributed by atoms with Crippen LogP contribution >= 0.6 is 0 Å². The average molecular weight is 223 g/mol. The second-order valence-electron chi connectivity index (χ2n) is 3.33. The Labute approximate surface area is 92.5 Å². The number of nitrogens with two attached hydrogens (primary N) is 1. The normalized spacial score (nSPS) is 11.3. The first kappa shape index (κ1) is 12.0. The van der Waals surface area contributed by atoms with Crippen molar-refractivity contribution in [3.8, 4) is 0 Å². The fourth-order valence-corrected chi connectivity index (χ4v) is 1.24. The van der Waals surface area contributed by atoms with Crippen LogP contribution in [-0.2, 0) is 9.59 Å². The van der Waals surface area contributed by atoms with E-state index in [1.165, 1.54) is 0 Å². The lowest BCUT2D eigenvalue weighted by atomic mass is 10.2. The third-order valence-corrected chi connectivity index (χ3v) is 1.98. The summed E-state index contributed by atoms with van der Waals surface area (Å²) < 4.78 is 5.30. The number of hydrogen-bond donors (Lipinski definition) is 2. The topological polar surface area (TPSA) is 97.7 Å². The van der Waals surface area contributed by atoms with Gasteiger partial charge in [-0.05, 0) is 26.8 Å². The highest BCUT2D eigenvalue weighted by Crippen LogP contribution is 2.14. The number of nitrogens with zero attached hydrogens (tertiary/aromatic N) is 1. The first-order valence-corrected chi connectivity index (χ1v) is 4.63. The summed E-state index contributed by atoms with van der Waals surface area (Å²) in [7, 11) is 0. The van der Waals surface area contributed by atoms with E-state index in [2.05, 4.69) is 5.10 Å². The van der Waals surface area contributed by atoms with Crippen LogP contribution in [0.4, 0.5) is 0 Å². The van der Waals surface area contributed by atoms with E-state index in [-0.39, 0.29) is 0 Å². The van der Waals surface area contributed by atoms with Gasteiger partial charge in [-0.3, -0.25) is 9.59 Å². The summed E-state index contributed by atoms with van der Waals surface area (Å²) in [6.45, 7) is 5.29. The molecule has 3 N–H and O–H groups in total. The molecule has 6 nitrogen and oxygen atoms in total. The molecule has 0 saturated heterocycles. The van der Waals surface area contributed by atoms with Gasteiger partial charge in [0.05, 0.1) is 5.71 Å². The quantitative estimate of drug-likeness (QED) is 0.426. The fraction of sp³-hybridized carbons (Fsp3) is 0.300. The maximum absolute atomic E-state index is 10.9. The van der Waals surface area contributed by atoms with Crippen molar-refractivity contribution in [1.29, 1.82) is 0 Å². The van der Waals surface area contributed by atoms with Gasteiger partial charge in [0.25, 0.3) is 0 Å². The lowest BCUT2D eigenvalue weighted by Crippen LogP contribution is -2.33. The molecule has 0 bridgehead atoms. The van der Waals surface area contributed by atoms with Crippen molar-refractivity contribution in [2.75, 3.05) is 0 Å². The minimum atomic E-state index is -1.07. The van der Waals surface area contributed by atoms with E-state index in [1.54, 1.807) is 19.9 Å². The zero-order valence-corrected chi connectivity index (χ0v) is 9.33. The van der Waals surface area contributed by atoms with Crippen LogP contribution < -0.4 is 11.2 Å². The molecule has 1 rings (SSSR count). The van der Waals surface area contributed by atoms with Gasteiger partial charge in [0.1, 0.15) is 11.5 Å². The van der Waals surface area contributed by atoms with Gasteiger partial charge >= 0.3 is 11.8 Å². The molecule has 1 heterocycles. The smallest absolute Gasteiger partial charge is 0.329 e. The van der Waals surface area contributed by atoms with Gasteiger partial charge in [0.15, 0.2) is 0 Å². The maximum Gasteiger partial charge on any atom is 0.329 e. The number of amides is 2. The molecule has 86 valence electrons. The highest BCUT2D eigenvalue weighted by Gasteiger charge is 2.10. The molecule has 0 saturated carbocycles. The molecule has 0 radical (unpaired) electrons. The second-order valence-corrected chi connectivity index (χ2v) is 3.33. The first-order chi connectivity index (χ1) is 7.41. The Morgan fingerprint density at radius 3 is 2.50 bits per heavy atom. The molecule has 16 heavy (non-hydrogen) atoms. The van der Waals surface area contributed by atoms with Gasteiger partial charge in [-0.25, -0.2) is 5.43 Å². The summed E-state index contributed by atoms with van der Waals surface area (Å²) in [5.74, 6) is -0.566. The van der Waals surface area contributed by atoms with Crippen LogP contribution in [0.1, 0.15) is 24.0 Å². The Bertz CT molecular complexity index is 460. The Hall–Kier alpha value is -2.11. The van der Waals surface area contributed by atoms with Crippen molar-refractivity contribution in [2.24, 2.45) is 10.8 Å². The van der Waals surface area contributed by atoms with E-state index in [4.69, 9.17) is 10.2 Å². The molecule has 0 unspecified atom stereocenters. The van der Waals surface area contributed by atoms with E-state index in [0.29, 0.717) is 11.5 Å². The van der Waals surface area contributed by atoms with Crippen molar-refractivity contribution >= 4 is 17.5 Å². The minimum absolute atomic E-state index is 0.545. The molecule has 0 aliphatic carbocycles. The Morgan fingerprint density at radius 1 is 1.44 bits per heavy atom. The molecule has 0 aliphatic heterocycles. The summed E-state index contributed by atoms with van der Waals surface area (Å²) >= 11 is 0. The van der Waals surface area contributed by atoms with E-state index in [9.17, 15) is 9.59 Å². The van der Waals surface area contributed by atoms with Crippen molar-refractivity contribution in [2.45, 2.75) is 20.8 Å². The van der Waals surface area contributed by atoms with Crippen LogP contribution in [0.2, 0.25) is 0 Å². The zero-order valence-electron chi connectivity index (χ0n) is 9.33. The third-order valence-electron chi connectivity index (χ3n) is 1.98. The number of aryl methyl sites for hydroxylation is 2. The van der Waals surface area contributed by atoms with Crippen molar-refractivity contribution in [3.63, 3.8) is 0 Å². The predicted octanol–water partition coefficient (Wildman–Crippen LogP) is 0.222. The van der Waals surface area contributed by atoms with E-state index in [0.717, 1.165) is 11.3 Å². The number of primary amides is 1. The number of hydrogen-bond acceptors (Lipinski definition) is 4. The Balaban J connectivity index is 2.82. The number of hydrazone groups is 1. The fourth-order valence-electron chi connectivity index (χ4n) is 1.24. The SMILES string of the molecule is C/C(=N/NC(=O)C(N)=O)c1cc(C)oc1C. The number of nitrogens with one attached hydrogen (secondary N) is 1. The van der Waals surface area contributed by atoms with Crippen LogP contribution in [0.3, 0.4) is 0 Å². The van der Waals surface area contributed by atoms with Crippen LogP contribution in [0, 0.1) is 13.8 Å². The lowest BCUT2D eigenvalue weighted by molar-refractivity contribution is -0.137. The molecular weight excluding hydrogens is 210 g/mol. The first-order valence-electron chi connectivity index (χ1n) is 4.63. The van der Waals surface area contributed by atoms with Gasteiger partial charge in [-0.15, -0.1) is 0 Å². The molecule has 2 amide bonds. The van der Waals surface area contributed by atoms with E-state index in [1.807, 2.05) is 12.3 Å². The zero-order chi connectivity index (χ0) is 12.3. The van der Waals surface area contributed by atoms with Gasteiger partial charge in [0.2, 0.25) is 0 Å². The van der Waals surface area contributed by atoms with Crippen LogP contribution in [0.15, 0.2) is 15.6 Å². The molecule has 1 aromatic heterocycles. The maximum atomic E-state index is 10.9. The standard InChI is InChI=1S/C10H13N3O3/c1-5-4-8(7(3)16-5)6(2)12-13-10(15)9(11)14/h4H,1-3H3,(H2,11,14)(H,13,15)/b12-6-. The predicted molar refractivity (Wildman–Crippen MR) is 57.7 cm³/mol. The highest BCUT2D eigenvalue weighted by atomic mass is 16.3. The number of rotatable bonds is 2. The molecule has 0 atom stereocenters. The average Bonchev–Trinajstić information content (AvgIpc) is 2.53. The van der Waals surface area contributed by atoms with E-state index < -0.39 is 11.8 Å². The monoisotopic (exact) mass is 223 g/mol. The summed E-state index contributed by atoms with van der Waals surface area (Å²) in [5.41, 5.74) is 8.13. The molecule has 0 fully saturated rings.